The number of carbonyl (C=O) groups is 1. The van der Waals surface area contributed by atoms with E-state index in [1.165, 1.54) is 12.1 Å². The summed E-state index contributed by atoms with van der Waals surface area (Å²) in [6, 6.07) is 2.76. The largest absolute Gasteiger partial charge is 0.480 e. The van der Waals surface area contributed by atoms with E-state index in [-0.39, 0.29) is 60.2 Å². The van der Waals surface area contributed by atoms with Gasteiger partial charge in [-0.1, -0.05) is 34.8 Å². The summed E-state index contributed by atoms with van der Waals surface area (Å²) in [6.45, 7) is -0.475. The van der Waals surface area contributed by atoms with Gasteiger partial charge in [-0.25, -0.2) is 4.79 Å². The quantitative estimate of drug-likeness (QED) is 0.500. The van der Waals surface area contributed by atoms with Crippen molar-refractivity contribution in [2.24, 2.45) is 0 Å². The Hall–Kier alpha value is -0.321. The number of hydrogen-bond acceptors (Lipinski definition) is 2. The molecule has 11 N–H and O–H groups in total. The fraction of sp³-hybridized carbons (Fsp3) is 0.125. The molecule has 1 radical (unpaired) electrons. The predicted octanol–water partition coefficient (Wildman–Crippen LogP) is -1.02. The van der Waals surface area contributed by atoms with Crippen LogP contribution in [-0.2, 0) is 21.9 Å². The number of rotatable bonds is 3. The Kier molecular flexibility index (Phi) is 30.7. The van der Waals surface area contributed by atoms with Crippen molar-refractivity contribution in [3.8, 4) is 5.75 Å². The van der Waals surface area contributed by atoms with E-state index in [0.717, 1.165) is 0 Å². The number of hydrogen-bond donors (Lipinski definition) is 1. The molecule has 20 heavy (non-hydrogen) atoms. The van der Waals surface area contributed by atoms with Crippen molar-refractivity contribution in [1.82, 2.24) is 0 Å². The summed E-state index contributed by atoms with van der Waals surface area (Å²) in [7, 11) is 0. The minimum atomic E-state index is -1.09. The van der Waals surface area contributed by atoms with Gasteiger partial charge in [0.25, 0.3) is 0 Å². The molecule has 0 saturated heterocycles. The SMILES string of the molecule is O.O.O.O.O.O=C(O)COc1cc(Cl)c(Cl)cc1Cl.[Mn]. The van der Waals surface area contributed by atoms with Crippen LogP contribution in [0.4, 0.5) is 0 Å². The van der Waals surface area contributed by atoms with Gasteiger partial charge in [-0.2, -0.15) is 0 Å². The van der Waals surface area contributed by atoms with Gasteiger partial charge in [-0.3, -0.25) is 0 Å². The smallest absolute Gasteiger partial charge is 0.341 e. The summed E-state index contributed by atoms with van der Waals surface area (Å²) in [6.07, 6.45) is 0. The number of carboxylic acid groups (broad SMARTS) is 1. The fourth-order valence-corrected chi connectivity index (χ4v) is 1.35. The van der Waals surface area contributed by atoms with Crippen LogP contribution in [0.1, 0.15) is 0 Å². The number of aliphatic carboxylic acids is 1. The number of halogens is 3. The third-order valence-electron chi connectivity index (χ3n) is 1.33. The van der Waals surface area contributed by atoms with Crippen LogP contribution in [0.3, 0.4) is 0 Å². The van der Waals surface area contributed by atoms with Gasteiger partial charge in [-0.15, -0.1) is 0 Å². The number of benzene rings is 1. The van der Waals surface area contributed by atoms with Gasteiger partial charge < -0.3 is 37.2 Å². The van der Waals surface area contributed by atoms with Crippen LogP contribution in [0.2, 0.25) is 15.1 Å². The van der Waals surface area contributed by atoms with Crippen molar-refractivity contribution in [2.45, 2.75) is 0 Å². The van der Waals surface area contributed by atoms with Gasteiger partial charge in [-0.05, 0) is 6.07 Å². The molecular formula is C8H15Cl3MnO8. The second kappa shape index (κ2) is 16.7. The molecule has 1 aromatic carbocycles. The molecule has 0 amide bonds. The molecule has 0 saturated carbocycles. The van der Waals surface area contributed by atoms with Gasteiger partial charge in [0.1, 0.15) is 5.75 Å². The van der Waals surface area contributed by atoms with E-state index in [2.05, 4.69) is 0 Å². The normalized spacial score (nSPS) is 6.95. The van der Waals surface area contributed by atoms with E-state index in [9.17, 15) is 4.79 Å². The third kappa shape index (κ3) is 11.5. The van der Waals surface area contributed by atoms with Crippen LogP contribution < -0.4 is 4.74 Å². The Balaban J connectivity index is -0.0000000817. The van der Waals surface area contributed by atoms with Crippen molar-refractivity contribution in [1.29, 1.82) is 0 Å². The van der Waals surface area contributed by atoms with Crippen molar-refractivity contribution in [3.63, 3.8) is 0 Å². The minimum absolute atomic E-state index is 0. The van der Waals surface area contributed by atoms with Crippen molar-refractivity contribution < 1.29 is 59.1 Å². The summed E-state index contributed by atoms with van der Waals surface area (Å²) in [4.78, 5) is 10.2. The summed E-state index contributed by atoms with van der Waals surface area (Å²) in [5.41, 5.74) is 0. The second-order valence-corrected chi connectivity index (χ2v) is 3.60. The Bertz CT molecular complexity index is 379. The Morgan fingerprint density at radius 2 is 1.35 bits per heavy atom. The average molecular weight is 400 g/mol. The first-order chi connectivity index (χ1) is 6.50. The van der Waals surface area contributed by atoms with E-state index in [1.807, 2.05) is 0 Å². The van der Waals surface area contributed by atoms with Gasteiger partial charge in [0.2, 0.25) is 0 Å². The van der Waals surface area contributed by atoms with Crippen molar-refractivity contribution >= 4 is 40.8 Å². The van der Waals surface area contributed by atoms with Crippen LogP contribution in [0.25, 0.3) is 0 Å². The molecule has 8 nitrogen and oxygen atoms in total. The number of carboxylic acids is 1. The summed E-state index contributed by atoms with van der Waals surface area (Å²) < 4.78 is 4.86. The average Bonchev–Trinajstić information content (AvgIpc) is 2.09. The van der Waals surface area contributed by atoms with Gasteiger partial charge in [0.05, 0.1) is 15.1 Å². The Morgan fingerprint density at radius 1 is 0.950 bits per heavy atom. The van der Waals surface area contributed by atoms with Crippen LogP contribution in [0.5, 0.6) is 5.75 Å². The van der Waals surface area contributed by atoms with Gasteiger partial charge in [0, 0.05) is 23.1 Å². The molecule has 0 aliphatic carbocycles. The second-order valence-electron chi connectivity index (χ2n) is 2.38. The Labute approximate surface area is 139 Å². The first kappa shape index (κ1) is 36.7. The zero-order valence-electron chi connectivity index (χ0n) is 9.64. The maximum atomic E-state index is 10.2. The van der Waals surface area contributed by atoms with Crippen LogP contribution in [-0.4, -0.2) is 45.1 Å². The molecule has 0 heterocycles. The van der Waals surface area contributed by atoms with Crippen LogP contribution in [0.15, 0.2) is 12.1 Å². The van der Waals surface area contributed by atoms with E-state index in [4.69, 9.17) is 44.6 Å². The molecule has 0 atom stereocenters. The molecule has 0 spiro atoms. The molecule has 0 bridgehead atoms. The predicted molar refractivity (Wildman–Crippen MR) is 72.7 cm³/mol. The standard InChI is InChI=1S/C8H5Cl3O3.Mn.5H2O/c9-4-1-6(11)7(2-5(4)10)14-3-8(12)13;;;;;;/h1-2H,3H2,(H,12,13);;5*1H2. The summed E-state index contributed by atoms with van der Waals surface area (Å²) in [5, 5.41) is 9.14. The maximum Gasteiger partial charge on any atom is 0.341 e. The molecule has 1 rings (SSSR count). The Morgan fingerprint density at radius 3 is 1.75 bits per heavy atom. The topological polar surface area (TPSA) is 204 Å². The molecule has 0 aromatic heterocycles. The van der Waals surface area contributed by atoms with E-state index >= 15 is 0 Å². The van der Waals surface area contributed by atoms with E-state index < -0.39 is 12.6 Å². The molecule has 12 heteroatoms. The molecule has 0 unspecified atom stereocenters. The zero-order valence-corrected chi connectivity index (χ0v) is 13.1. The zero-order chi connectivity index (χ0) is 10.7. The molecular weight excluding hydrogens is 385 g/mol. The van der Waals surface area contributed by atoms with Crippen molar-refractivity contribution in [3.05, 3.63) is 27.2 Å². The maximum absolute atomic E-state index is 10.2. The fourth-order valence-electron chi connectivity index (χ4n) is 0.754. The molecule has 0 aliphatic heterocycles. The first-order valence-electron chi connectivity index (χ1n) is 3.50. The minimum Gasteiger partial charge on any atom is -0.480 e. The third-order valence-corrected chi connectivity index (χ3v) is 2.34. The molecule has 0 fully saturated rings. The molecule has 1 aromatic rings. The van der Waals surface area contributed by atoms with E-state index in [1.54, 1.807) is 0 Å². The van der Waals surface area contributed by atoms with Crippen molar-refractivity contribution in [2.75, 3.05) is 6.61 Å². The molecule has 123 valence electrons. The summed E-state index contributed by atoms with van der Waals surface area (Å²) >= 11 is 17.1. The summed E-state index contributed by atoms with van der Waals surface area (Å²) in [5.74, 6) is -0.893. The monoisotopic (exact) mass is 399 g/mol. The first-order valence-corrected chi connectivity index (χ1v) is 4.63. The van der Waals surface area contributed by atoms with Gasteiger partial charge >= 0.3 is 5.97 Å². The number of ether oxygens (including phenoxy) is 1. The van der Waals surface area contributed by atoms with Crippen LogP contribution >= 0.6 is 34.8 Å². The van der Waals surface area contributed by atoms with Crippen LogP contribution in [0, 0.1) is 0 Å². The van der Waals surface area contributed by atoms with E-state index in [0.29, 0.717) is 5.02 Å². The van der Waals surface area contributed by atoms with Gasteiger partial charge in [0.15, 0.2) is 6.61 Å². The molecule has 0 aliphatic rings.